The fraction of sp³-hybridized carbons (Fsp3) is 0.200. The summed E-state index contributed by atoms with van der Waals surface area (Å²) in [5.74, 6) is -0.498. The maximum absolute atomic E-state index is 10.8. The average Bonchev–Trinajstić information content (AvgIpc) is 2.39. The summed E-state index contributed by atoms with van der Waals surface area (Å²) in [6, 6.07) is 2.65. The van der Waals surface area contributed by atoms with Crippen molar-refractivity contribution in [3.05, 3.63) is 27.8 Å². The van der Waals surface area contributed by atoms with E-state index < -0.39 is 16.4 Å². The molecular weight excluding hydrogens is 272 g/mol. The van der Waals surface area contributed by atoms with E-state index in [0.29, 0.717) is 10.7 Å². The molecule has 1 aromatic carbocycles. The molecule has 0 aliphatic carbocycles. The lowest BCUT2D eigenvalue weighted by Crippen LogP contribution is -2.82. The number of rotatable bonds is 4. The van der Waals surface area contributed by atoms with Gasteiger partial charge < -0.3 is 15.2 Å². The number of nitrogens with zero attached hydrogens (tertiary/aromatic N) is 1. The molecule has 0 amide bonds. The normalized spacial score (nSPS) is 10.2. The van der Waals surface area contributed by atoms with Crippen LogP contribution in [0.1, 0.15) is 5.56 Å². The van der Waals surface area contributed by atoms with Gasteiger partial charge in [0.1, 0.15) is 0 Å². The third-order valence-electron chi connectivity index (χ3n) is 2.15. The van der Waals surface area contributed by atoms with Crippen LogP contribution in [-0.4, -0.2) is 35.5 Å². The fourth-order valence-corrected chi connectivity index (χ4v) is 1.30. The van der Waals surface area contributed by atoms with Gasteiger partial charge in [-0.3, -0.25) is 10.1 Å². The van der Waals surface area contributed by atoms with E-state index in [0.717, 1.165) is 0 Å². The van der Waals surface area contributed by atoms with Gasteiger partial charge in [0.2, 0.25) is 10.9 Å². The van der Waals surface area contributed by atoms with Crippen molar-refractivity contribution in [1.82, 2.24) is 10.7 Å². The molecule has 1 aromatic rings. The molecular formula is C10H13N4O4S+. The van der Waals surface area contributed by atoms with Crippen LogP contribution < -0.4 is 20.6 Å². The van der Waals surface area contributed by atoms with E-state index >= 15 is 0 Å². The Morgan fingerprint density at radius 1 is 1.63 bits per heavy atom. The van der Waals surface area contributed by atoms with Crippen molar-refractivity contribution in [2.24, 2.45) is 0 Å². The summed E-state index contributed by atoms with van der Waals surface area (Å²) >= 11 is 4.83. The number of ether oxygens (including phenoxy) is 1. The van der Waals surface area contributed by atoms with Crippen LogP contribution in [0.25, 0.3) is 0 Å². The second-order valence-corrected chi connectivity index (χ2v) is 3.75. The molecule has 19 heavy (non-hydrogen) atoms. The zero-order valence-electron chi connectivity index (χ0n) is 10.3. The Morgan fingerprint density at radius 2 is 2.32 bits per heavy atom. The van der Waals surface area contributed by atoms with Gasteiger partial charge in [0.15, 0.2) is 12.0 Å². The van der Waals surface area contributed by atoms with Gasteiger partial charge >= 0.3 is 5.69 Å². The minimum Gasteiger partial charge on any atom is -0.500 e. The smallest absolute Gasteiger partial charge is 0.315 e. The lowest BCUT2D eigenvalue weighted by molar-refractivity contribution is -0.500. The molecule has 0 fully saturated rings. The molecule has 8 nitrogen and oxygen atoms in total. The van der Waals surface area contributed by atoms with Crippen LogP contribution in [0.5, 0.6) is 11.5 Å². The maximum Gasteiger partial charge on any atom is 0.315 e. The van der Waals surface area contributed by atoms with Crippen molar-refractivity contribution in [3.63, 3.8) is 0 Å². The van der Waals surface area contributed by atoms with Gasteiger partial charge in [0.25, 0.3) is 0 Å². The lowest BCUT2D eigenvalue weighted by atomic mass is 10.2. The predicted octanol–water partition coefficient (Wildman–Crippen LogP) is -1.18. The van der Waals surface area contributed by atoms with E-state index in [4.69, 9.17) is 17.0 Å². The number of aromatic hydroxyl groups is 1. The summed E-state index contributed by atoms with van der Waals surface area (Å²) in [6.07, 6.45) is 1.44. The van der Waals surface area contributed by atoms with Crippen molar-refractivity contribution >= 4 is 29.2 Å². The molecule has 4 N–H and O–H groups in total. The minimum absolute atomic E-state index is 0.0124. The molecule has 102 valence electrons. The summed E-state index contributed by atoms with van der Waals surface area (Å²) in [4.78, 5) is 10.1. The third kappa shape index (κ3) is 3.78. The molecule has 0 spiro atoms. The number of hydrogen-bond acceptors (Lipinski definition) is 5. The lowest BCUT2D eigenvalue weighted by Gasteiger charge is -2.04. The van der Waals surface area contributed by atoms with Crippen LogP contribution in [0.2, 0.25) is 0 Å². The number of nitro groups is 1. The van der Waals surface area contributed by atoms with Gasteiger partial charge in [-0.05, 0) is 18.3 Å². The molecule has 0 aromatic heterocycles. The van der Waals surface area contributed by atoms with Gasteiger partial charge in [-0.2, -0.15) is 0 Å². The van der Waals surface area contributed by atoms with E-state index in [1.165, 1.54) is 25.5 Å². The van der Waals surface area contributed by atoms with Crippen molar-refractivity contribution in [2.45, 2.75) is 0 Å². The second-order valence-electron chi connectivity index (χ2n) is 3.34. The van der Waals surface area contributed by atoms with E-state index in [1.54, 1.807) is 7.05 Å². The van der Waals surface area contributed by atoms with Crippen LogP contribution in [0.15, 0.2) is 12.1 Å². The van der Waals surface area contributed by atoms with E-state index in [9.17, 15) is 15.2 Å². The highest BCUT2D eigenvalue weighted by Gasteiger charge is 2.19. The number of thiocarbonyl (C=S) groups is 1. The number of methoxy groups -OCH3 is 1. The highest BCUT2D eigenvalue weighted by Crippen LogP contribution is 2.36. The van der Waals surface area contributed by atoms with Crippen LogP contribution in [0, 0.1) is 10.1 Å². The summed E-state index contributed by atoms with van der Waals surface area (Å²) in [7, 11) is 2.95. The third-order valence-corrected chi connectivity index (χ3v) is 2.45. The van der Waals surface area contributed by atoms with Crippen molar-refractivity contribution in [1.29, 1.82) is 0 Å². The number of hydrazine groups is 1. The van der Waals surface area contributed by atoms with Crippen LogP contribution >= 0.6 is 12.2 Å². The number of phenolic OH excluding ortho intramolecular Hbond substituents is 1. The number of nitrogens with one attached hydrogen (secondary N) is 3. The number of hydrazone groups is 1. The molecule has 0 atom stereocenters. The molecule has 0 bridgehead atoms. The minimum atomic E-state index is -0.694. The molecule has 0 radical (unpaired) electrons. The Hall–Kier alpha value is -2.42. The van der Waals surface area contributed by atoms with E-state index in [2.05, 4.69) is 15.8 Å². The first-order valence-electron chi connectivity index (χ1n) is 5.11. The number of nitro benzene ring substituents is 1. The standard InChI is InChI=1S/C10H12N4O4S/c1-11-10(19)13-12-5-6-3-7(14(16)17)9(15)8(4-6)18-2/h3-5,15H,1-2H3,(H2,11,13,19)/p+1. The molecule has 0 aliphatic heterocycles. The number of benzene rings is 1. The van der Waals surface area contributed by atoms with E-state index in [-0.39, 0.29) is 5.75 Å². The summed E-state index contributed by atoms with van der Waals surface area (Å²) in [6.45, 7) is 0. The molecule has 0 heterocycles. The highest BCUT2D eigenvalue weighted by molar-refractivity contribution is 7.80. The monoisotopic (exact) mass is 285 g/mol. The molecule has 0 saturated heterocycles. The molecule has 1 rings (SSSR count). The number of hydrogen-bond donors (Lipinski definition) is 4. The first kappa shape index (κ1) is 14.6. The van der Waals surface area contributed by atoms with Crippen molar-refractivity contribution in [2.75, 3.05) is 14.2 Å². The van der Waals surface area contributed by atoms with Crippen LogP contribution in [0.3, 0.4) is 0 Å². The Labute approximate surface area is 114 Å². The Morgan fingerprint density at radius 3 is 2.84 bits per heavy atom. The number of phenols is 1. The summed E-state index contributed by atoms with van der Waals surface area (Å²) in [5, 5.41) is 26.1. The van der Waals surface area contributed by atoms with Gasteiger partial charge in [-0.15, -0.1) is 10.5 Å². The summed E-state index contributed by atoms with van der Waals surface area (Å²) < 4.78 is 4.86. The second kappa shape index (κ2) is 6.50. The first-order chi connectivity index (χ1) is 8.99. The predicted molar refractivity (Wildman–Crippen MR) is 72.2 cm³/mol. The van der Waals surface area contributed by atoms with Crippen LogP contribution in [0.4, 0.5) is 5.69 Å². The van der Waals surface area contributed by atoms with E-state index in [1.807, 2.05) is 0 Å². The largest absolute Gasteiger partial charge is 0.500 e. The molecule has 9 heteroatoms. The average molecular weight is 285 g/mol. The van der Waals surface area contributed by atoms with Gasteiger partial charge in [-0.1, -0.05) is 0 Å². The summed E-state index contributed by atoms with van der Waals surface area (Å²) in [5.41, 5.74) is 2.62. The zero-order chi connectivity index (χ0) is 14.4. The Balaban J connectivity index is 3.05. The topological polar surface area (TPSA) is 111 Å². The Kier molecular flexibility index (Phi) is 5.01. The van der Waals surface area contributed by atoms with Crippen LogP contribution in [-0.2, 0) is 0 Å². The highest BCUT2D eigenvalue weighted by atomic mass is 32.1. The van der Waals surface area contributed by atoms with Gasteiger partial charge in [-0.25, -0.2) is 0 Å². The Bertz CT molecular complexity index is 533. The van der Waals surface area contributed by atoms with Gasteiger partial charge in [0, 0.05) is 13.1 Å². The van der Waals surface area contributed by atoms with Gasteiger partial charge in [0.05, 0.1) is 17.6 Å². The molecule has 0 unspecified atom stereocenters. The van der Waals surface area contributed by atoms with Crippen molar-refractivity contribution < 1.29 is 19.9 Å². The van der Waals surface area contributed by atoms with Crippen molar-refractivity contribution in [3.8, 4) is 11.5 Å². The fourth-order valence-electron chi connectivity index (χ4n) is 1.24. The maximum atomic E-state index is 10.8. The first-order valence-corrected chi connectivity index (χ1v) is 5.52. The SMILES string of the molecule is CNC(=S)N[NH+]=Cc1cc(OC)c(O)c([N+](=O)[O-])c1. The molecule has 0 saturated carbocycles. The zero-order valence-corrected chi connectivity index (χ0v) is 11.1. The molecule has 0 aliphatic rings. The quantitative estimate of drug-likeness (QED) is 0.238.